The van der Waals surface area contributed by atoms with E-state index in [2.05, 4.69) is 0 Å². The number of likely N-dealkylation sites (tertiary alicyclic amines) is 1. The molecule has 21 heavy (non-hydrogen) atoms. The Morgan fingerprint density at radius 3 is 2.76 bits per heavy atom. The SMILES string of the molecule is COc1cc(CN2CCCC(C(F)(F)F)C2)cc(Cl)c1O. The molecule has 0 saturated carbocycles. The third-order valence-corrected chi connectivity index (χ3v) is 3.97. The van der Waals surface area contributed by atoms with Crippen molar-refractivity contribution in [1.29, 1.82) is 0 Å². The highest BCUT2D eigenvalue weighted by molar-refractivity contribution is 6.32. The summed E-state index contributed by atoms with van der Waals surface area (Å²) >= 11 is 5.89. The van der Waals surface area contributed by atoms with Gasteiger partial charge in [0.15, 0.2) is 11.5 Å². The maximum absolute atomic E-state index is 12.8. The molecule has 0 aliphatic carbocycles. The number of nitrogens with zero attached hydrogens (tertiary/aromatic N) is 1. The zero-order valence-corrected chi connectivity index (χ0v) is 12.3. The summed E-state index contributed by atoms with van der Waals surface area (Å²) in [5.41, 5.74) is 0.720. The first-order chi connectivity index (χ1) is 9.81. The molecule has 1 N–H and O–H groups in total. The van der Waals surface area contributed by atoms with Gasteiger partial charge in [-0.15, -0.1) is 0 Å². The van der Waals surface area contributed by atoms with Gasteiger partial charge in [-0.2, -0.15) is 13.2 Å². The Balaban J connectivity index is 2.09. The summed E-state index contributed by atoms with van der Waals surface area (Å²) in [6.07, 6.45) is -3.45. The fraction of sp³-hybridized carbons (Fsp3) is 0.571. The average molecular weight is 324 g/mol. The smallest absolute Gasteiger partial charge is 0.393 e. The predicted octanol–water partition coefficient (Wildman–Crippen LogP) is 3.83. The molecule has 1 saturated heterocycles. The fourth-order valence-corrected chi connectivity index (χ4v) is 2.83. The summed E-state index contributed by atoms with van der Waals surface area (Å²) in [7, 11) is 1.40. The van der Waals surface area contributed by atoms with E-state index in [0.717, 1.165) is 5.56 Å². The minimum absolute atomic E-state index is 0.00961. The van der Waals surface area contributed by atoms with Gasteiger partial charge in [0, 0.05) is 13.1 Å². The van der Waals surface area contributed by atoms with Gasteiger partial charge in [-0.25, -0.2) is 0 Å². The van der Waals surface area contributed by atoms with Crippen LogP contribution in [0, 0.1) is 5.92 Å². The van der Waals surface area contributed by atoms with E-state index >= 15 is 0 Å². The average Bonchev–Trinajstić information content (AvgIpc) is 2.42. The third-order valence-electron chi connectivity index (χ3n) is 3.68. The van der Waals surface area contributed by atoms with E-state index < -0.39 is 12.1 Å². The number of alkyl halides is 3. The number of rotatable bonds is 3. The first kappa shape index (κ1) is 16.2. The van der Waals surface area contributed by atoms with Crippen LogP contribution < -0.4 is 4.74 Å². The van der Waals surface area contributed by atoms with E-state index in [1.54, 1.807) is 17.0 Å². The maximum atomic E-state index is 12.8. The molecule has 1 unspecified atom stereocenters. The summed E-state index contributed by atoms with van der Waals surface area (Å²) in [6, 6.07) is 3.15. The first-order valence-electron chi connectivity index (χ1n) is 6.65. The Bertz CT molecular complexity index is 508. The van der Waals surface area contributed by atoms with Crippen LogP contribution in [0.1, 0.15) is 18.4 Å². The van der Waals surface area contributed by atoms with Crippen LogP contribution in [0.5, 0.6) is 11.5 Å². The number of piperidine rings is 1. The van der Waals surface area contributed by atoms with Crippen molar-refractivity contribution < 1.29 is 23.0 Å². The number of hydrogen-bond donors (Lipinski definition) is 1. The van der Waals surface area contributed by atoms with Crippen molar-refractivity contribution in [3.05, 3.63) is 22.7 Å². The number of benzene rings is 1. The lowest BCUT2D eigenvalue weighted by Crippen LogP contribution is -2.41. The molecule has 0 aromatic heterocycles. The molecule has 0 spiro atoms. The highest BCUT2D eigenvalue weighted by Gasteiger charge is 2.41. The molecule has 1 heterocycles. The predicted molar refractivity (Wildman–Crippen MR) is 73.7 cm³/mol. The molecule has 1 aromatic carbocycles. The lowest BCUT2D eigenvalue weighted by Gasteiger charge is -2.33. The number of phenols is 1. The number of aromatic hydroxyl groups is 1. The molecular formula is C14H17ClF3NO2. The summed E-state index contributed by atoms with van der Waals surface area (Å²) in [4.78, 5) is 1.75. The van der Waals surface area contributed by atoms with Crippen LogP contribution >= 0.6 is 11.6 Å². The van der Waals surface area contributed by atoms with Gasteiger partial charge >= 0.3 is 6.18 Å². The van der Waals surface area contributed by atoms with Gasteiger partial charge in [0.2, 0.25) is 0 Å². The molecule has 7 heteroatoms. The van der Waals surface area contributed by atoms with E-state index in [-0.39, 0.29) is 29.5 Å². The zero-order chi connectivity index (χ0) is 15.6. The maximum Gasteiger partial charge on any atom is 0.393 e. The van der Waals surface area contributed by atoms with Crippen LogP contribution in [0.15, 0.2) is 12.1 Å². The largest absolute Gasteiger partial charge is 0.503 e. The van der Waals surface area contributed by atoms with E-state index in [4.69, 9.17) is 16.3 Å². The van der Waals surface area contributed by atoms with E-state index in [9.17, 15) is 18.3 Å². The second-order valence-corrected chi connectivity index (χ2v) is 5.65. The van der Waals surface area contributed by atoms with Crippen molar-refractivity contribution in [2.75, 3.05) is 20.2 Å². The molecule has 0 amide bonds. The third kappa shape index (κ3) is 3.95. The summed E-state index contributed by atoms with van der Waals surface area (Å²) in [5, 5.41) is 9.79. The number of phenolic OH excluding ortho intramolecular Hbond substituents is 1. The van der Waals surface area contributed by atoms with Gasteiger partial charge < -0.3 is 9.84 Å². The van der Waals surface area contributed by atoms with E-state index in [1.807, 2.05) is 0 Å². The Labute approximate surface area is 126 Å². The molecule has 0 radical (unpaired) electrons. The summed E-state index contributed by atoms with van der Waals surface area (Å²) < 4.78 is 43.4. The Morgan fingerprint density at radius 2 is 2.14 bits per heavy atom. The van der Waals surface area contributed by atoms with E-state index in [0.29, 0.717) is 19.5 Å². The minimum atomic E-state index is -4.15. The van der Waals surface area contributed by atoms with Crippen LogP contribution in [0.25, 0.3) is 0 Å². The topological polar surface area (TPSA) is 32.7 Å². The monoisotopic (exact) mass is 323 g/mol. The Morgan fingerprint density at radius 1 is 1.43 bits per heavy atom. The lowest BCUT2D eigenvalue weighted by atomic mass is 9.97. The van der Waals surface area contributed by atoms with Crippen LogP contribution in [-0.2, 0) is 6.54 Å². The Kier molecular flexibility index (Phi) is 4.88. The Hall–Kier alpha value is -1.14. The van der Waals surface area contributed by atoms with Crippen LogP contribution in [-0.4, -0.2) is 36.4 Å². The molecule has 0 bridgehead atoms. The molecule has 1 aliphatic heterocycles. The van der Waals surface area contributed by atoms with Crippen LogP contribution in [0.2, 0.25) is 5.02 Å². The number of halogens is 4. The zero-order valence-electron chi connectivity index (χ0n) is 11.6. The van der Waals surface area contributed by atoms with Gasteiger partial charge in [0.25, 0.3) is 0 Å². The van der Waals surface area contributed by atoms with Crippen molar-refractivity contribution in [3.8, 4) is 11.5 Å². The number of hydrogen-bond acceptors (Lipinski definition) is 3. The van der Waals surface area contributed by atoms with Crippen molar-refractivity contribution in [2.24, 2.45) is 5.92 Å². The van der Waals surface area contributed by atoms with Crippen molar-refractivity contribution in [3.63, 3.8) is 0 Å². The van der Waals surface area contributed by atoms with Gasteiger partial charge in [-0.1, -0.05) is 11.6 Å². The van der Waals surface area contributed by atoms with Gasteiger partial charge in [-0.05, 0) is 37.1 Å². The molecule has 3 nitrogen and oxygen atoms in total. The van der Waals surface area contributed by atoms with Gasteiger partial charge in [-0.3, -0.25) is 4.90 Å². The van der Waals surface area contributed by atoms with Gasteiger partial charge in [0.05, 0.1) is 18.1 Å². The first-order valence-corrected chi connectivity index (χ1v) is 7.03. The quantitative estimate of drug-likeness (QED) is 0.917. The molecule has 1 atom stereocenters. The normalized spacial score (nSPS) is 20.5. The fourth-order valence-electron chi connectivity index (χ4n) is 2.60. The molecule has 118 valence electrons. The number of ether oxygens (including phenoxy) is 1. The van der Waals surface area contributed by atoms with Gasteiger partial charge in [0.1, 0.15) is 0 Å². The second kappa shape index (κ2) is 6.32. The van der Waals surface area contributed by atoms with Crippen molar-refractivity contribution in [2.45, 2.75) is 25.6 Å². The number of methoxy groups -OCH3 is 1. The van der Waals surface area contributed by atoms with Crippen LogP contribution in [0.4, 0.5) is 13.2 Å². The summed E-state index contributed by atoms with van der Waals surface area (Å²) in [5.74, 6) is -1.21. The second-order valence-electron chi connectivity index (χ2n) is 5.24. The van der Waals surface area contributed by atoms with Crippen LogP contribution in [0.3, 0.4) is 0 Å². The molecular weight excluding hydrogens is 307 g/mol. The summed E-state index contributed by atoms with van der Waals surface area (Å²) in [6.45, 7) is 0.959. The molecule has 1 fully saturated rings. The molecule has 1 aromatic rings. The highest BCUT2D eigenvalue weighted by Crippen LogP contribution is 2.37. The van der Waals surface area contributed by atoms with E-state index in [1.165, 1.54) is 7.11 Å². The molecule has 2 rings (SSSR count). The van der Waals surface area contributed by atoms with Crippen molar-refractivity contribution in [1.82, 2.24) is 4.90 Å². The molecule has 1 aliphatic rings. The highest BCUT2D eigenvalue weighted by atomic mass is 35.5. The van der Waals surface area contributed by atoms with Crippen molar-refractivity contribution >= 4 is 11.6 Å². The lowest BCUT2D eigenvalue weighted by molar-refractivity contribution is -0.187. The standard InChI is InChI=1S/C14H17ClF3NO2/c1-21-12-6-9(5-11(15)13(12)20)7-19-4-2-3-10(8-19)14(16,17)18/h5-6,10,20H,2-4,7-8H2,1H3. The minimum Gasteiger partial charge on any atom is -0.503 e.